The van der Waals surface area contributed by atoms with E-state index in [1.54, 1.807) is 0 Å². The van der Waals surface area contributed by atoms with E-state index in [0.29, 0.717) is 0 Å². The van der Waals surface area contributed by atoms with E-state index in [1.165, 1.54) is 31.0 Å². The molecule has 0 N–H and O–H groups in total. The van der Waals surface area contributed by atoms with Gasteiger partial charge in [-0.2, -0.15) is 5.26 Å². The van der Waals surface area contributed by atoms with E-state index in [4.69, 9.17) is 5.26 Å². The lowest BCUT2D eigenvalue weighted by Crippen LogP contribution is -1.79. The third-order valence-electron chi connectivity index (χ3n) is 0.945. The average Bonchev–Trinajstić information content (AvgIpc) is 1.89. The van der Waals surface area contributed by atoms with Crippen molar-refractivity contribution >= 4 is 27.7 Å². The van der Waals surface area contributed by atoms with E-state index < -0.39 is 0 Å². The Kier molecular flexibility index (Phi) is 8.62. The highest BCUT2D eigenvalue weighted by atomic mass is 79.9. The van der Waals surface area contributed by atoms with Crippen LogP contribution in [0, 0.1) is 10.7 Å². The molecule has 0 bridgehead atoms. The number of halogens is 1. The van der Waals surface area contributed by atoms with Crippen LogP contribution in [-0.4, -0.2) is 11.1 Å². The first-order valence-corrected chi connectivity index (χ1v) is 5.09. The van der Waals surface area contributed by atoms with E-state index in [2.05, 4.69) is 15.9 Å². The molecule has 52 valence electrons. The predicted molar refractivity (Wildman–Crippen MR) is 45.7 cm³/mol. The Morgan fingerprint density at radius 2 is 2.11 bits per heavy atom. The van der Waals surface area contributed by atoms with E-state index in [0.717, 1.165) is 11.1 Å². The second-order valence-electron chi connectivity index (χ2n) is 1.69. The quantitative estimate of drug-likeness (QED) is 0.394. The van der Waals surface area contributed by atoms with Gasteiger partial charge in [0.25, 0.3) is 0 Å². The lowest BCUT2D eigenvalue weighted by molar-refractivity contribution is 0.789. The molecule has 0 aromatic heterocycles. The lowest BCUT2D eigenvalue weighted by atomic mass is 10.3. The van der Waals surface area contributed by atoms with Crippen molar-refractivity contribution in [3.8, 4) is 5.40 Å². The molecular weight excluding hydrogens is 198 g/mol. The summed E-state index contributed by atoms with van der Waals surface area (Å²) in [6, 6.07) is 0. The summed E-state index contributed by atoms with van der Waals surface area (Å²) < 4.78 is 0. The van der Waals surface area contributed by atoms with E-state index >= 15 is 0 Å². The Bertz CT molecular complexity index is 89.5. The Balaban J connectivity index is 2.69. The molecule has 0 radical (unpaired) electrons. The molecule has 1 nitrogen and oxygen atoms in total. The molecule has 0 spiro atoms. The molecule has 0 aliphatic heterocycles. The maximum atomic E-state index is 8.13. The number of thioether (sulfide) groups is 1. The summed E-state index contributed by atoms with van der Waals surface area (Å²) in [6.07, 6.45) is 3.63. The number of hydrogen-bond donors (Lipinski definition) is 0. The van der Waals surface area contributed by atoms with Crippen LogP contribution in [0.5, 0.6) is 0 Å². The molecule has 0 atom stereocenters. The summed E-state index contributed by atoms with van der Waals surface area (Å²) in [5, 5.41) is 11.3. The number of nitrogens with zero attached hydrogens (tertiary/aromatic N) is 1. The molecule has 0 unspecified atom stereocenters. The summed E-state index contributed by atoms with van der Waals surface area (Å²) in [6.45, 7) is 0. The Hall–Kier alpha value is 0.320. The molecule has 0 saturated carbocycles. The second kappa shape index (κ2) is 8.32. The molecule has 9 heavy (non-hydrogen) atoms. The van der Waals surface area contributed by atoms with Crippen LogP contribution < -0.4 is 0 Å². The fourth-order valence-electron chi connectivity index (χ4n) is 0.491. The van der Waals surface area contributed by atoms with Crippen LogP contribution >= 0.6 is 27.7 Å². The Labute approximate surface area is 68.9 Å². The van der Waals surface area contributed by atoms with Crippen molar-refractivity contribution < 1.29 is 0 Å². The minimum absolute atomic E-state index is 0.990. The predicted octanol–water partition coefficient (Wildman–Crippen LogP) is 2.77. The lowest BCUT2D eigenvalue weighted by Gasteiger charge is -1.91. The number of alkyl halides is 1. The van der Waals surface area contributed by atoms with Crippen molar-refractivity contribution in [1.29, 1.82) is 5.26 Å². The number of hydrogen-bond acceptors (Lipinski definition) is 2. The van der Waals surface area contributed by atoms with Crippen LogP contribution in [0.15, 0.2) is 0 Å². The molecule has 0 aliphatic carbocycles. The molecule has 0 aromatic rings. The molecule has 0 heterocycles. The summed E-state index contributed by atoms with van der Waals surface area (Å²) in [5.41, 5.74) is 0. The number of thiocyanates is 1. The summed E-state index contributed by atoms with van der Waals surface area (Å²) >= 11 is 4.70. The highest BCUT2D eigenvalue weighted by Gasteiger charge is 1.86. The van der Waals surface area contributed by atoms with Crippen molar-refractivity contribution in [2.75, 3.05) is 11.1 Å². The van der Waals surface area contributed by atoms with Crippen LogP contribution in [0.4, 0.5) is 0 Å². The first kappa shape index (κ1) is 9.32. The van der Waals surface area contributed by atoms with Gasteiger partial charge in [-0.1, -0.05) is 22.4 Å². The van der Waals surface area contributed by atoms with Gasteiger partial charge in [0, 0.05) is 11.1 Å². The van der Waals surface area contributed by atoms with Crippen molar-refractivity contribution in [2.45, 2.75) is 19.3 Å². The second-order valence-corrected chi connectivity index (χ2v) is 3.36. The van der Waals surface area contributed by atoms with Gasteiger partial charge in [0.05, 0.1) is 0 Å². The minimum Gasteiger partial charge on any atom is -0.185 e. The number of nitriles is 1. The standard InChI is InChI=1S/C6H10BrNS/c7-4-2-1-3-5-9-6-8/h1-5H2. The van der Waals surface area contributed by atoms with Gasteiger partial charge in [0.2, 0.25) is 0 Å². The molecule has 0 aliphatic rings. The molecule has 0 fully saturated rings. The van der Waals surface area contributed by atoms with E-state index in [1.807, 2.05) is 5.40 Å². The minimum atomic E-state index is 0.990. The van der Waals surface area contributed by atoms with Crippen LogP contribution in [0.2, 0.25) is 0 Å². The average molecular weight is 208 g/mol. The first-order valence-electron chi connectivity index (χ1n) is 2.98. The highest BCUT2D eigenvalue weighted by molar-refractivity contribution is 9.09. The van der Waals surface area contributed by atoms with Gasteiger partial charge < -0.3 is 0 Å². The monoisotopic (exact) mass is 207 g/mol. The summed E-state index contributed by atoms with van der Waals surface area (Å²) in [5.74, 6) is 0.990. The van der Waals surface area contributed by atoms with Crippen LogP contribution in [-0.2, 0) is 0 Å². The maximum Gasteiger partial charge on any atom is 0.133 e. The zero-order chi connectivity index (χ0) is 6.95. The zero-order valence-electron chi connectivity index (χ0n) is 5.27. The van der Waals surface area contributed by atoms with E-state index in [9.17, 15) is 0 Å². The molecular formula is C6H10BrNS. The summed E-state index contributed by atoms with van der Waals surface area (Å²) in [4.78, 5) is 0. The summed E-state index contributed by atoms with van der Waals surface area (Å²) in [7, 11) is 0. The largest absolute Gasteiger partial charge is 0.185 e. The fourth-order valence-corrected chi connectivity index (χ4v) is 1.33. The topological polar surface area (TPSA) is 23.8 Å². The van der Waals surface area contributed by atoms with Gasteiger partial charge in [-0.3, -0.25) is 0 Å². The van der Waals surface area contributed by atoms with Crippen LogP contribution in [0.25, 0.3) is 0 Å². The Morgan fingerprint density at radius 1 is 1.33 bits per heavy atom. The number of unbranched alkanes of at least 4 members (excludes halogenated alkanes) is 2. The van der Waals surface area contributed by atoms with Gasteiger partial charge in [0.15, 0.2) is 0 Å². The third kappa shape index (κ3) is 8.32. The third-order valence-corrected chi connectivity index (χ3v) is 2.13. The van der Waals surface area contributed by atoms with Crippen molar-refractivity contribution in [3.63, 3.8) is 0 Å². The molecule has 0 rings (SSSR count). The molecule has 0 amide bonds. The SMILES string of the molecule is N#CSCCCCCBr. The molecule has 0 saturated heterocycles. The van der Waals surface area contributed by atoms with Gasteiger partial charge in [-0.25, -0.2) is 0 Å². The van der Waals surface area contributed by atoms with Crippen LogP contribution in [0.1, 0.15) is 19.3 Å². The maximum absolute atomic E-state index is 8.13. The van der Waals surface area contributed by atoms with Gasteiger partial charge in [0.1, 0.15) is 5.40 Å². The van der Waals surface area contributed by atoms with Gasteiger partial charge in [-0.05, 0) is 24.6 Å². The van der Waals surface area contributed by atoms with Gasteiger partial charge >= 0.3 is 0 Å². The van der Waals surface area contributed by atoms with Crippen LogP contribution in [0.3, 0.4) is 0 Å². The Morgan fingerprint density at radius 3 is 2.67 bits per heavy atom. The normalized spacial score (nSPS) is 8.89. The first-order chi connectivity index (χ1) is 4.41. The van der Waals surface area contributed by atoms with Gasteiger partial charge in [-0.15, -0.1) is 0 Å². The fraction of sp³-hybridized carbons (Fsp3) is 0.833. The highest BCUT2D eigenvalue weighted by Crippen LogP contribution is 2.04. The van der Waals surface area contributed by atoms with Crippen molar-refractivity contribution in [3.05, 3.63) is 0 Å². The number of rotatable bonds is 5. The molecule has 0 aromatic carbocycles. The zero-order valence-corrected chi connectivity index (χ0v) is 7.67. The van der Waals surface area contributed by atoms with Crippen molar-refractivity contribution in [2.24, 2.45) is 0 Å². The van der Waals surface area contributed by atoms with E-state index in [-0.39, 0.29) is 0 Å². The molecule has 3 heteroatoms. The van der Waals surface area contributed by atoms with Crippen molar-refractivity contribution in [1.82, 2.24) is 0 Å². The smallest absolute Gasteiger partial charge is 0.133 e.